The minimum Gasteiger partial charge on any atom is -0.494 e. The summed E-state index contributed by atoms with van der Waals surface area (Å²) < 4.78 is 4.63. The smallest absolute Gasteiger partial charge is 0.251 e. The number of carbonyl (C=O) groups is 3. The first kappa shape index (κ1) is 32.2. The molecule has 4 heterocycles. The minimum absolute atomic E-state index is 0.141. The molecule has 0 bridgehead atoms. The summed E-state index contributed by atoms with van der Waals surface area (Å²) in [4.78, 5) is 49.9. The lowest BCUT2D eigenvalue weighted by molar-refractivity contribution is -0.141. The van der Waals surface area contributed by atoms with Crippen molar-refractivity contribution in [2.75, 3.05) is 36.1 Å². The van der Waals surface area contributed by atoms with Crippen molar-refractivity contribution < 1.29 is 24.2 Å². The molecule has 0 aliphatic carbocycles. The Morgan fingerprint density at radius 3 is 2.40 bits per heavy atom. The topological polar surface area (TPSA) is 90.4 Å². The van der Waals surface area contributed by atoms with Crippen LogP contribution in [0.1, 0.15) is 23.6 Å². The first-order chi connectivity index (χ1) is 23.3. The molecule has 1 N–H and O–H groups in total. The molecule has 4 aliphatic rings. The number of amides is 3. The molecular formula is C39H41N3O5S. The fourth-order valence-corrected chi connectivity index (χ4v) is 9.95. The van der Waals surface area contributed by atoms with Gasteiger partial charge in [0, 0.05) is 29.7 Å². The third kappa shape index (κ3) is 5.33. The molecule has 6 atom stereocenters. The number of anilines is 2. The monoisotopic (exact) mass is 663 g/mol. The molecule has 3 aromatic carbocycles. The van der Waals surface area contributed by atoms with Gasteiger partial charge < -0.3 is 24.5 Å². The van der Waals surface area contributed by atoms with Gasteiger partial charge in [-0.2, -0.15) is 0 Å². The van der Waals surface area contributed by atoms with Gasteiger partial charge in [0.05, 0.1) is 35.8 Å². The van der Waals surface area contributed by atoms with E-state index in [1.54, 1.807) is 26.5 Å². The molecule has 1 spiro atoms. The maximum absolute atomic E-state index is 15.1. The fraction of sp³-hybridized carbons (Fsp3) is 0.359. The van der Waals surface area contributed by atoms with Crippen molar-refractivity contribution >= 4 is 40.9 Å². The Kier molecular flexibility index (Phi) is 8.68. The van der Waals surface area contributed by atoms with E-state index in [-0.39, 0.29) is 29.6 Å². The van der Waals surface area contributed by atoms with Gasteiger partial charge in [-0.1, -0.05) is 66.8 Å². The van der Waals surface area contributed by atoms with Crippen LogP contribution in [0.2, 0.25) is 0 Å². The number of aryl methyl sites for hydroxylation is 2. The summed E-state index contributed by atoms with van der Waals surface area (Å²) in [5, 5.41) is 10.6. The molecule has 248 valence electrons. The first-order valence-corrected chi connectivity index (χ1v) is 17.6. The van der Waals surface area contributed by atoms with Crippen molar-refractivity contribution in [2.24, 2.45) is 11.8 Å². The largest absolute Gasteiger partial charge is 0.494 e. The highest BCUT2D eigenvalue weighted by Gasteiger charge is 2.71. The van der Waals surface area contributed by atoms with Crippen molar-refractivity contribution in [3.05, 3.63) is 114 Å². The standard InChI is InChI=1S/C39H41N3O5S/c1-4-47-30-17-15-28(16-18-30)40-20-8-12-32-33(36(40)44)34-37(45)42(29(24-43)23-27-10-6-5-7-11-27)35-38(46)41(21-9-19-39(34,35)48-32)31-22-25(2)13-14-26(31)3/h5-19,22,29,32-35,43H,4,20-21,23-24H2,1-3H3/t29-,32+,33-,34+,35?,39+/m1/s1. The molecule has 3 amide bonds. The Labute approximate surface area is 286 Å². The Morgan fingerprint density at radius 2 is 1.67 bits per heavy atom. The van der Waals surface area contributed by atoms with Crippen molar-refractivity contribution in [2.45, 2.75) is 49.3 Å². The summed E-state index contributed by atoms with van der Waals surface area (Å²) in [6, 6.07) is 21.7. The van der Waals surface area contributed by atoms with Crippen LogP contribution in [-0.2, 0) is 20.8 Å². The number of aliphatic hydroxyl groups excluding tert-OH is 1. The van der Waals surface area contributed by atoms with Crippen LogP contribution in [0, 0.1) is 25.7 Å². The maximum atomic E-state index is 15.1. The summed E-state index contributed by atoms with van der Waals surface area (Å²) in [5.41, 5.74) is 4.48. The van der Waals surface area contributed by atoms with E-state index in [0.29, 0.717) is 26.1 Å². The lowest BCUT2D eigenvalue weighted by atomic mass is 9.78. The zero-order chi connectivity index (χ0) is 33.6. The highest BCUT2D eigenvalue weighted by atomic mass is 32.2. The van der Waals surface area contributed by atoms with E-state index >= 15 is 9.59 Å². The average molecular weight is 664 g/mol. The highest BCUT2D eigenvalue weighted by Crippen LogP contribution is 2.61. The second-order valence-corrected chi connectivity index (χ2v) is 14.5. The van der Waals surface area contributed by atoms with Crippen LogP contribution in [0.15, 0.2) is 97.1 Å². The van der Waals surface area contributed by atoms with Crippen LogP contribution >= 0.6 is 11.8 Å². The Hall–Kier alpha value is -4.34. The highest BCUT2D eigenvalue weighted by molar-refractivity contribution is 8.02. The van der Waals surface area contributed by atoms with E-state index in [0.717, 1.165) is 33.8 Å². The first-order valence-electron chi connectivity index (χ1n) is 16.7. The molecule has 0 aromatic heterocycles. The zero-order valence-corrected chi connectivity index (χ0v) is 28.3. The third-order valence-corrected chi connectivity index (χ3v) is 11.9. The van der Waals surface area contributed by atoms with Gasteiger partial charge in [-0.3, -0.25) is 14.4 Å². The van der Waals surface area contributed by atoms with Gasteiger partial charge in [0.2, 0.25) is 11.8 Å². The molecular weight excluding hydrogens is 623 g/mol. The molecule has 9 heteroatoms. The zero-order valence-electron chi connectivity index (χ0n) is 27.5. The van der Waals surface area contributed by atoms with Crippen LogP contribution in [-0.4, -0.2) is 76.1 Å². The van der Waals surface area contributed by atoms with Crippen molar-refractivity contribution in [3.63, 3.8) is 0 Å². The summed E-state index contributed by atoms with van der Waals surface area (Å²) in [6.45, 7) is 6.86. The van der Waals surface area contributed by atoms with E-state index in [1.807, 2.05) is 118 Å². The minimum atomic E-state index is -0.998. The number of carbonyl (C=O) groups excluding carboxylic acids is 3. The molecule has 4 aliphatic heterocycles. The SMILES string of the molecule is CCOc1ccc(N2CC=C[C@@H]3S[C@]45C=CCN(c6cc(C)ccc6C)C(=O)C4N([C@@H](CO)Cc4ccccc4)C(=O)[C@@H]5[C@@H]3C2=O)cc1. The number of hydrogen-bond acceptors (Lipinski definition) is 6. The number of nitrogens with zero attached hydrogens (tertiary/aromatic N) is 3. The van der Waals surface area contributed by atoms with E-state index in [2.05, 4.69) is 0 Å². The maximum Gasteiger partial charge on any atom is 0.251 e. The summed E-state index contributed by atoms with van der Waals surface area (Å²) in [6.07, 6.45) is 8.45. The number of aliphatic hydroxyl groups is 1. The lowest BCUT2D eigenvalue weighted by Crippen LogP contribution is -2.57. The van der Waals surface area contributed by atoms with Gasteiger partial charge in [-0.15, -0.1) is 11.8 Å². The van der Waals surface area contributed by atoms with Crippen molar-refractivity contribution in [1.29, 1.82) is 0 Å². The molecule has 1 unspecified atom stereocenters. The summed E-state index contributed by atoms with van der Waals surface area (Å²) in [7, 11) is 0. The number of ether oxygens (including phenoxy) is 1. The molecule has 2 saturated heterocycles. The Bertz CT molecular complexity index is 1780. The number of hydrogen-bond donors (Lipinski definition) is 1. The van der Waals surface area contributed by atoms with Gasteiger partial charge in [0.25, 0.3) is 5.91 Å². The van der Waals surface area contributed by atoms with Crippen LogP contribution in [0.4, 0.5) is 11.4 Å². The molecule has 48 heavy (non-hydrogen) atoms. The second kappa shape index (κ2) is 12.9. The molecule has 8 nitrogen and oxygen atoms in total. The predicted octanol–water partition coefficient (Wildman–Crippen LogP) is 5.11. The normalized spacial score (nSPS) is 27.0. The molecule has 0 saturated carbocycles. The Balaban J connectivity index is 1.33. The van der Waals surface area contributed by atoms with Crippen molar-refractivity contribution in [1.82, 2.24) is 4.90 Å². The summed E-state index contributed by atoms with van der Waals surface area (Å²) >= 11 is 1.55. The van der Waals surface area contributed by atoms with Crippen LogP contribution < -0.4 is 14.5 Å². The van der Waals surface area contributed by atoms with Crippen molar-refractivity contribution in [3.8, 4) is 5.75 Å². The van der Waals surface area contributed by atoms with Crippen LogP contribution in [0.25, 0.3) is 0 Å². The molecule has 0 radical (unpaired) electrons. The number of thioether (sulfide) groups is 1. The third-order valence-electron chi connectivity index (χ3n) is 10.1. The van der Waals surface area contributed by atoms with Gasteiger partial charge >= 0.3 is 0 Å². The molecule has 7 rings (SSSR count). The number of fused-ring (bicyclic) bond motifs is 2. The van der Waals surface area contributed by atoms with E-state index in [9.17, 15) is 9.90 Å². The van der Waals surface area contributed by atoms with Gasteiger partial charge in [0.1, 0.15) is 11.8 Å². The molecule has 2 fully saturated rings. The van der Waals surface area contributed by atoms with E-state index in [4.69, 9.17) is 4.74 Å². The quantitative estimate of drug-likeness (QED) is 0.337. The Morgan fingerprint density at radius 1 is 0.917 bits per heavy atom. The predicted molar refractivity (Wildman–Crippen MR) is 189 cm³/mol. The van der Waals surface area contributed by atoms with Gasteiger partial charge in [-0.25, -0.2) is 0 Å². The lowest BCUT2D eigenvalue weighted by Gasteiger charge is -2.38. The number of benzene rings is 3. The van der Waals surface area contributed by atoms with Gasteiger partial charge in [-0.05, 0) is 74.2 Å². The van der Waals surface area contributed by atoms with E-state index < -0.39 is 28.7 Å². The van der Waals surface area contributed by atoms with Gasteiger partial charge in [0.15, 0.2) is 0 Å². The fourth-order valence-electron chi connectivity index (χ4n) is 7.95. The number of rotatable bonds is 8. The second-order valence-electron chi connectivity index (χ2n) is 13.1. The van der Waals surface area contributed by atoms with E-state index in [1.165, 1.54) is 0 Å². The summed E-state index contributed by atoms with van der Waals surface area (Å²) in [5.74, 6) is -1.35. The average Bonchev–Trinajstić information content (AvgIpc) is 3.41. The van der Waals surface area contributed by atoms with Crippen LogP contribution in [0.3, 0.4) is 0 Å². The van der Waals surface area contributed by atoms with Crippen LogP contribution in [0.5, 0.6) is 5.75 Å². The number of likely N-dealkylation sites (tertiary alicyclic amines) is 1. The molecule has 3 aromatic rings.